The maximum Gasteiger partial charge on any atom is 0.309 e. The van der Waals surface area contributed by atoms with Crippen LogP contribution in [0, 0.1) is 23.1 Å². The Morgan fingerprint density at radius 3 is 2.71 bits per heavy atom. The van der Waals surface area contributed by atoms with Crippen molar-refractivity contribution < 1.29 is 19.1 Å². The molecule has 0 aromatic heterocycles. The van der Waals surface area contributed by atoms with Crippen LogP contribution in [0.4, 0.5) is 4.39 Å². The standard InChI is InChI=1S/C15H13FN2O3/c16-12-4-1-8(5-9(12)7-17)14-11(15(20)21)6-13(19)18(14)10-2-3-10/h1,4-5,10-11,14H,2-3,6H2,(H,20,21). The molecule has 6 heteroatoms. The topological polar surface area (TPSA) is 81.4 Å². The van der Waals surface area contributed by atoms with Crippen molar-refractivity contribution in [3.8, 4) is 6.07 Å². The minimum atomic E-state index is -1.04. The Labute approximate surface area is 120 Å². The molecule has 1 N–H and O–H groups in total. The maximum atomic E-state index is 13.4. The zero-order valence-electron chi connectivity index (χ0n) is 11.1. The second-order valence-electron chi connectivity index (χ2n) is 5.48. The molecule has 1 aromatic carbocycles. The van der Waals surface area contributed by atoms with E-state index < -0.39 is 23.7 Å². The lowest BCUT2D eigenvalue weighted by molar-refractivity contribution is -0.142. The van der Waals surface area contributed by atoms with Gasteiger partial charge in [0.25, 0.3) is 0 Å². The molecule has 108 valence electrons. The van der Waals surface area contributed by atoms with Crippen LogP contribution in [0.2, 0.25) is 0 Å². The van der Waals surface area contributed by atoms with Crippen LogP contribution >= 0.6 is 0 Å². The molecule has 2 fully saturated rings. The Hall–Kier alpha value is -2.42. The van der Waals surface area contributed by atoms with Crippen LogP contribution in [-0.2, 0) is 9.59 Å². The fraction of sp³-hybridized carbons (Fsp3) is 0.400. The van der Waals surface area contributed by atoms with E-state index in [2.05, 4.69) is 0 Å². The van der Waals surface area contributed by atoms with Gasteiger partial charge < -0.3 is 10.0 Å². The Balaban J connectivity index is 2.05. The number of carbonyl (C=O) groups excluding carboxylic acids is 1. The van der Waals surface area contributed by atoms with E-state index in [0.29, 0.717) is 5.56 Å². The van der Waals surface area contributed by atoms with Crippen LogP contribution in [0.3, 0.4) is 0 Å². The van der Waals surface area contributed by atoms with Crippen LogP contribution in [0.15, 0.2) is 18.2 Å². The molecule has 1 aliphatic heterocycles. The number of halogens is 1. The van der Waals surface area contributed by atoms with Gasteiger partial charge in [0.1, 0.15) is 11.9 Å². The van der Waals surface area contributed by atoms with E-state index in [9.17, 15) is 19.1 Å². The molecule has 1 saturated carbocycles. The molecule has 3 rings (SSSR count). The van der Waals surface area contributed by atoms with Crippen molar-refractivity contribution in [2.24, 2.45) is 5.92 Å². The Bertz CT molecular complexity index is 663. The average molecular weight is 288 g/mol. The van der Waals surface area contributed by atoms with E-state index in [4.69, 9.17) is 5.26 Å². The highest BCUT2D eigenvalue weighted by molar-refractivity contribution is 5.87. The third kappa shape index (κ3) is 2.25. The minimum Gasteiger partial charge on any atom is -0.481 e. The minimum absolute atomic E-state index is 0.0459. The third-order valence-electron chi connectivity index (χ3n) is 4.07. The summed E-state index contributed by atoms with van der Waals surface area (Å²) in [6.07, 6.45) is 1.68. The number of hydrogen-bond donors (Lipinski definition) is 1. The molecule has 1 aromatic rings. The van der Waals surface area contributed by atoms with Gasteiger partial charge in [-0.25, -0.2) is 4.39 Å². The molecule has 1 saturated heterocycles. The van der Waals surface area contributed by atoms with Crippen molar-refractivity contribution >= 4 is 11.9 Å². The summed E-state index contributed by atoms with van der Waals surface area (Å²) in [4.78, 5) is 25.1. The van der Waals surface area contributed by atoms with Crippen LogP contribution < -0.4 is 0 Å². The molecule has 1 aliphatic carbocycles. The highest BCUT2D eigenvalue weighted by Crippen LogP contribution is 2.45. The number of carbonyl (C=O) groups is 2. The summed E-state index contributed by atoms with van der Waals surface area (Å²) in [6, 6.07) is 5.17. The summed E-state index contributed by atoms with van der Waals surface area (Å²) in [6.45, 7) is 0. The van der Waals surface area contributed by atoms with Crippen molar-refractivity contribution in [1.29, 1.82) is 5.26 Å². The van der Waals surface area contributed by atoms with Gasteiger partial charge in [-0.1, -0.05) is 6.07 Å². The molecule has 5 nitrogen and oxygen atoms in total. The quantitative estimate of drug-likeness (QED) is 0.920. The second-order valence-corrected chi connectivity index (χ2v) is 5.48. The second kappa shape index (κ2) is 4.85. The molecule has 2 atom stereocenters. The lowest BCUT2D eigenvalue weighted by Gasteiger charge is -2.27. The third-order valence-corrected chi connectivity index (χ3v) is 4.07. The van der Waals surface area contributed by atoms with E-state index in [1.54, 1.807) is 11.0 Å². The number of amides is 1. The zero-order chi connectivity index (χ0) is 15.1. The summed E-state index contributed by atoms with van der Waals surface area (Å²) >= 11 is 0. The lowest BCUT2D eigenvalue weighted by Crippen LogP contribution is -2.32. The van der Waals surface area contributed by atoms with E-state index in [1.807, 2.05) is 0 Å². The maximum absolute atomic E-state index is 13.4. The molecular formula is C15H13FN2O3. The molecule has 1 heterocycles. The van der Waals surface area contributed by atoms with E-state index in [0.717, 1.165) is 18.9 Å². The van der Waals surface area contributed by atoms with E-state index in [1.165, 1.54) is 12.1 Å². The SMILES string of the molecule is N#Cc1cc(C2C(C(=O)O)CC(=O)N2C2CC2)ccc1F. The number of benzene rings is 1. The first kappa shape index (κ1) is 13.6. The molecular weight excluding hydrogens is 275 g/mol. The van der Waals surface area contributed by atoms with Crippen LogP contribution in [0.1, 0.15) is 36.4 Å². The van der Waals surface area contributed by atoms with Crippen LogP contribution in [0.25, 0.3) is 0 Å². The van der Waals surface area contributed by atoms with Gasteiger partial charge in [-0.3, -0.25) is 9.59 Å². The number of aliphatic carboxylic acids is 1. The van der Waals surface area contributed by atoms with Gasteiger partial charge in [-0.05, 0) is 30.5 Å². The number of rotatable bonds is 3. The van der Waals surface area contributed by atoms with Gasteiger partial charge in [0, 0.05) is 12.5 Å². The van der Waals surface area contributed by atoms with Gasteiger partial charge in [0.15, 0.2) is 0 Å². The Kier molecular flexibility index (Phi) is 3.13. The van der Waals surface area contributed by atoms with Gasteiger partial charge in [0.05, 0.1) is 17.5 Å². The summed E-state index contributed by atoms with van der Waals surface area (Å²) in [7, 11) is 0. The predicted molar refractivity (Wildman–Crippen MR) is 69.5 cm³/mol. The van der Waals surface area contributed by atoms with Gasteiger partial charge >= 0.3 is 5.97 Å². The highest BCUT2D eigenvalue weighted by atomic mass is 19.1. The molecule has 0 bridgehead atoms. The summed E-state index contributed by atoms with van der Waals surface area (Å²) in [5.74, 6) is -2.72. The van der Waals surface area contributed by atoms with Crippen molar-refractivity contribution in [1.82, 2.24) is 4.90 Å². The number of hydrogen-bond acceptors (Lipinski definition) is 3. The fourth-order valence-corrected chi connectivity index (χ4v) is 2.97. The zero-order valence-corrected chi connectivity index (χ0v) is 11.1. The smallest absolute Gasteiger partial charge is 0.309 e. The normalized spacial score (nSPS) is 25.0. The molecule has 0 radical (unpaired) electrons. The molecule has 1 amide bonds. The molecule has 2 aliphatic rings. The lowest BCUT2D eigenvalue weighted by atomic mass is 9.92. The van der Waals surface area contributed by atoms with Crippen molar-refractivity contribution in [3.05, 3.63) is 35.1 Å². The number of likely N-dealkylation sites (tertiary alicyclic amines) is 1. The van der Waals surface area contributed by atoms with E-state index >= 15 is 0 Å². The van der Waals surface area contributed by atoms with Gasteiger partial charge in [-0.2, -0.15) is 5.26 Å². The van der Waals surface area contributed by atoms with Gasteiger partial charge in [-0.15, -0.1) is 0 Å². The average Bonchev–Trinajstić information content (AvgIpc) is 3.22. The largest absolute Gasteiger partial charge is 0.481 e. The number of carboxylic acid groups (broad SMARTS) is 1. The first-order valence-electron chi connectivity index (χ1n) is 6.76. The fourth-order valence-electron chi connectivity index (χ4n) is 2.97. The van der Waals surface area contributed by atoms with Gasteiger partial charge in [0.2, 0.25) is 5.91 Å². The number of nitriles is 1. The summed E-state index contributed by atoms with van der Waals surface area (Å²) in [5.41, 5.74) is 0.379. The Morgan fingerprint density at radius 1 is 1.43 bits per heavy atom. The van der Waals surface area contributed by atoms with E-state index in [-0.39, 0.29) is 23.9 Å². The predicted octanol–water partition coefficient (Wildman–Crippen LogP) is 1.83. The monoisotopic (exact) mass is 288 g/mol. The first-order chi connectivity index (χ1) is 10.0. The summed E-state index contributed by atoms with van der Waals surface area (Å²) < 4.78 is 13.4. The molecule has 21 heavy (non-hydrogen) atoms. The molecule has 2 unspecified atom stereocenters. The molecule has 0 spiro atoms. The van der Waals surface area contributed by atoms with Crippen molar-refractivity contribution in [3.63, 3.8) is 0 Å². The Morgan fingerprint density at radius 2 is 2.14 bits per heavy atom. The highest BCUT2D eigenvalue weighted by Gasteiger charge is 2.49. The van der Waals surface area contributed by atoms with Crippen LogP contribution in [0.5, 0.6) is 0 Å². The summed E-state index contributed by atoms with van der Waals surface area (Å²) in [5, 5.41) is 18.3. The first-order valence-corrected chi connectivity index (χ1v) is 6.76. The number of carboxylic acids is 1. The van der Waals surface area contributed by atoms with Crippen molar-refractivity contribution in [2.45, 2.75) is 31.3 Å². The van der Waals surface area contributed by atoms with Crippen LogP contribution in [-0.4, -0.2) is 27.9 Å². The van der Waals surface area contributed by atoms with Crippen molar-refractivity contribution in [2.75, 3.05) is 0 Å². The number of nitrogens with zero attached hydrogens (tertiary/aromatic N) is 2.